The maximum atomic E-state index is 13.8. The second-order valence-corrected chi connectivity index (χ2v) is 12.4. The molecule has 0 aromatic heterocycles. The van der Waals surface area contributed by atoms with Crippen molar-refractivity contribution in [2.45, 2.75) is 70.1 Å². The average Bonchev–Trinajstić information content (AvgIpc) is 3.71. The van der Waals surface area contributed by atoms with Crippen LogP contribution in [0, 0.1) is 5.92 Å². The van der Waals surface area contributed by atoms with E-state index in [4.69, 9.17) is 23.7 Å². The number of hydrogen-bond acceptors (Lipinski definition) is 8. The first kappa shape index (κ1) is 30.9. The van der Waals surface area contributed by atoms with Gasteiger partial charge in [0.05, 0.1) is 6.54 Å². The largest absolute Gasteiger partial charge is 0.469 e. The molecule has 2 unspecified atom stereocenters. The summed E-state index contributed by atoms with van der Waals surface area (Å²) in [6, 6.07) is 6.39. The zero-order valence-electron chi connectivity index (χ0n) is 26.1. The molecule has 0 saturated carbocycles. The molecule has 1 amide bonds. The fourth-order valence-electron chi connectivity index (χ4n) is 6.71. The highest BCUT2D eigenvalue weighted by atomic mass is 16.7. The van der Waals surface area contributed by atoms with E-state index in [9.17, 15) is 4.79 Å². The van der Waals surface area contributed by atoms with Crippen LogP contribution >= 0.6 is 0 Å². The first-order chi connectivity index (χ1) is 20.3. The summed E-state index contributed by atoms with van der Waals surface area (Å²) in [6.45, 7) is 8.59. The van der Waals surface area contributed by atoms with E-state index in [0.717, 1.165) is 82.0 Å². The lowest BCUT2D eigenvalue weighted by Gasteiger charge is -2.33. The Hall–Kier alpha value is -2.59. The van der Waals surface area contributed by atoms with Gasteiger partial charge in [-0.2, -0.15) is 0 Å². The Morgan fingerprint density at radius 3 is 2.74 bits per heavy atom. The van der Waals surface area contributed by atoms with Gasteiger partial charge < -0.3 is 33.5 Å². The van der Waals surface area contributed by atoms with Crippen LogP contribution in [0.1, 0.15) is 51.5 Å². The molecule has 3 aliphatic heterocycles. The highest BCUT2D eigenvalue weighted by molar-refractivity contribution is 5.78. The Morgan fingerprint density at radius 2 is 1.95 bits per heavy atom. The molecule has 0 N–H and O–H groups in total. The lowest BCUT2D eigenvalue weighted by molar-refractivity contribution is -0.132. The van der Waals surface area contributed by atoms with E-state index < -0.39 is 5.60 Å². The molecule has 1 aliphatic carbocycles. The van der Waals surface area contributed by atoms with Gasteiger partial charge in [-0.25, -0.2) is 0 Å². The van der Waals surface area contributed by atoms with Gasteiger partial charge in [0, 0.05) is 32.8 Å². The first-order valence-electron chi connectivity index (χ1n) is 15.6. The zero-order valence-corrected chi connectivity index (χ0v) is 26.1. The van der Waals surface area contributed by atoms with Crippen LogP contribution in [0.2, 0.25) is 0 Å². The van der Waals surface area contributed by atoms with Crippen LogP contribution in [0.3, 0.4) is 0 Å². The fourth-order valence-corrected chi connectivity index (χ4v) is 6.71. The van der Waals surface area contributed by atoms with Gasteiger partial charge in [0.25, 0.3) is 0 Å². The monoisotopic (exact) mass is 583 g/mol. The molecular weight excluding hydrogens is 534 g/mol. The van der Waals surface area contributed by atoms with Gasteiger partial charge in [0.2, 0.25) is 12.7 Å². The molecule has 9 nitrogen and oxygen atoms in total. The number of rotatable bonds is 14. The van der Waals surface area contributed by atoms with Crippen LogP contribution in [0.15, 0.2) is 41.7 Å². The van der Waals surface area contributed by atoms with Crippen molar-refractivity contribution >= 4 is 5.91 Å². The maximum Gasteiger partial charge on any atom is 0.236 e. The minimum absolute atomic E-state index is 0.214. The summed E-state index contributed by atoms with van der Waals surface area (Å²) in [6.07, 6.45) is 10.0. The zero-order chi connectivity index (χ0) is 29.7. The summed E-state index contributed by atoms with van der Waals surface area (Å²) in [5.41, 5.74) is 1.79. The standard InChI is InChI=1S/C33H49N3O6/c1-6-7-15-35(16-9-14-34(3)4)31(37)21-36-20-26(25-18-29(38-5)33(2)30(19-25)40-23-42-33)17-27(36)13-12-24-10-8-11-28-32(24)41-22-39-28/h8,10-11,18-19,26-27,29H,6-7,9,12-17,20-23H2,1-5H3/t26-,27+,29?,33?/m1/s1. The molecule has 42 heavy (non-hydrogen) atoms. The minimum Gasteiger partial charge on any atom is -0.469 e. The van der Waals surface area contributed by atoms with Gasteiger partial charge >= 0.3 is 0 Å². The SMILES string of the molecule is CCCCN(CCCN(C)C)C(=O)CN1C[C@H](C2=CC(OC)C3(C)OCOC3=C2)C[C@@H]1CCc1cccc2c1OCO2. The highest BCUT2D eigenvalue weighted by Gasteiger charge is 2.48. The van der Waals surface area contributed by atoms with Gasteiger partial charge in [-0.1, -0.05) is 25.5 Å². The third kappa shape index (κ3) is 6.80. The van der Waals surface area contributed by atoms with Crippen molar-refractivity contribution < 1.29 is 28.5 Å². The van der Waals surface area contributed by atoms with E-state index in [1.165, 1.54) is 11.1 Å². The summed E-state index contributed by atoms with van der Waals surface area (Å²) in [5, 5.41) is 0. The number of ether oxygens (including phenoxy) is 5. The first-order valence-corrected chi connectivity index (χ1v) is 15.6. The van der Waals surface area contributed by atoms with Crippen molar-refractivity contribution in [1.29, 1.82) is 0 Å². The van der Waals surface area contributed by atoms with E-state index in [0.29, 0.717) is 6.54 Å². The molecule has 0 spiro atoms. The van der Waals surface area contributed by atoms with Crippen LogP contribution in [-0.2, 0) is 25.4 Å². The Balaban J connectivity index is 1.33. The van der Waals surface area contributed by atoms with Gasteiger partial charge in [-0.15, -0.1) is 0 Å². The summed E-state index contributed by atoms with van der Waals surface area (Å²) < 4.78 is 29.1. The molecule has 2 fully saturated rings. The molecule has 1 aromatic carbocycles. The number of carbonyl (C=O) groups is 1. The Labute approximate surface area is 251 Å². The molecule has 3 heterocycles. The molecule has 4 aliphatic rings. The molecule has 232 valence electrons. The van der Waals surface area contributed by atoms with Gasteiger partial charge in [-0.3, -0.25) is 9.69 Å². The highest BCUT2D eigenvalue weighted by Crippen LogP contribution is 2.43. The van der Waals surface area contributed by atoms with E-state index in [2.05, 4.69) is 53.9 Å². The lowest BCUT2D eigenvalue weighted by atomic mass is 9.83. The molecule has 1 aromatic rings. The molecule has 0 bridgehead atoms. The van der Waals surface area contributed by atoms with E-state index >= 15 is 0 Å². The Kier molecular flexibility index (Phi) is 10.1. The van der Waals surface area contributed by atoms with Crippen LogP contribution < -0.4 is 9.47 Å². The van der Waals surface area contributed by atoms with Gasteiger partial charge in [-0.05, 0) is 94.9 Å². The Morgan fingerprint density at radius 1 is 1.12 bits per heavy atom. The number of nitrogens with zero attached hydrogens (tertiary/aromatic N) is 3. The average molecular weight is 584 g/mol. The van der Waals surface area contributed by atoms with Gasteiger partial charge in [0.1, 0.15) is 11.9 Å². The number of unbranched alkanes of at least 4 members (excludes halogenated alkanes) is 1. The maximum absolute atomic E-state index is 13.8. The van der Waals surface area contributed by atoms with E-state index in [1.807, 2.05) is 19.1 Å². The normalized spacial score (nSPS) is 26.7. The predicted molar refractivity (Wildman–Crippen MR) is 161 cm³/mol. The smallest absolute Gasteiger partial charge is 0.236 e. The van der Waals surface area contributed by atoms with Crippen LogP contribution in [0.25, 0.3) is 0 Å². The number of benzene rings is 1. The number of aryl methyl sites for hydroxylation is 1. The van der Waals surface area contributed by atoms with Crippen molar-refractivity contribution in [2.24, 2.45) is 5.92 Å². The van der Waals surface area contributed by atoms with Crippen LogP contribution in [0.4, 0.5) is 0 Å². The molecule has 2 saturated heterocycles. The Bertz CT molecular complexity index is 1150. The topological polar surface area (TPSA) is 72.9 Å². The molecule has 9 heteroatoms. The number of carbonyl (C=O) groups excluding carboxylic acids is 1. The number of allylic oxidation sites excluding steroid dienone is 1. The molecule has 5 rings (SSSR count). The quantitative estimate of drug-likeness (QED) is 0.323. The lowest BCUT2D eigenvalue weighted by Crippen LogP contribution is -2.44. The summed E-state index contributed by atoms with van der Waals surface area (Å²) in [5.74, 6) is 3.03. The second-order valence-electron chi connectivity index (χ2n) is 12.4. The van der Waals surface area contributed by atoms with E-state index in [-0.39, 0.29) is 37.6 Å². The number of methoxy groups -OCH3 is 1. The number of likely N-dealkylation sites (tertiary alicyclic amines) is 1. The van der Waals surface area contributed by atoms with Gasteiger partial charge in [0.15, 0.2) is 23.9 Å². The summed E-state index contributed by atoms with van der Waals surface area (Å²) >= 11 is 0. The van der Waals surface area contributed by atoms with Crippen molar-refractivity contribution in [3.63, 3.8) is 0 Å². The second kappa shape index (κ2) is 13.8. The number of hydrogen-bond donors (Lipinski definition) is 0. The summed E-state index contributed by atoms with van der Waals surface area (Å²) in [7, 11) is 5.89. The fraction of sp³-hybridized carbons (Fsp3) is 0.667. The molecule has 0 radical (unpaired) electrons. The predicted octanol–water partition coefficient (Wildman–Crippen LogP) is 4.22. The number of amides is 1. The number of para-hydroxylation sites is 1. The van der Waals surface area contributed by atoms with Crippen molar-refractivity contribution in [1.82, 2.24) is 14.7 Å². The molecule has 4 atom stereocenters. The minimum atomic E-state index is -0.589. The van der Waals surface area contributed by atoms with Crippen LogP contribution in [0.5, 0.6) is 11.5 Å². The van der Waals surface area contributed by atoms with Crippen molar-refractivity contribution in [2.75, 3.05) is 67.5 Å². The molecular formula is C33H49N3O6. The van der Waals surface area contributed by atoms with Crippen molar-refractivity contribution in [3.05, 3.63) is 47.2 Å². The third-order valence-electron chi connectivity index (χ3n) is 9.23. The number of fused-ring (bicyclic) bond motifs is 2. The van der Waals surface area contributed by atoms with E-state index in [1.54, 1.807) is 7.11 Å². The van der Waals surface area contributed by atoms with Crippen molar-refractivity contribution in [3.8, 4) is 11.5 Å². The third-order valence-corrected chi connectivity index (χ3v) is 9.23. The van der Waals surface area contributed by atoms with Crippen LogP contribution in [-0.4, -0.2) is 106 Å². The summed E-state index contributed by atoms with van der Waals surface area (Å²) in [4.78, 5) is 20.5.